The number of nitrogens with zero attached hydrogens (tertiary/aromatic N) is 5. The smallest absolute Gasteiger partial charge is 0.309 e. The number of hydrogen-bond acceptors (Lipinski definition) is 5. The summed E-state index contributed by atoms with van der Waals surface area (Å²) in [6.07, 6.45) is 8.69. The number of aromatic amines is 1. The van der Waals surface area contributed by atoms with Crippen molar-refractivity contribution in [2.24, 2.45) is 11.8 Å². The molecule has 2 unspecified atom stereocenters. The van der Waals surface area contributed by atoms with Gasteiger partial charge < -0.3 is 5.01 Å². The standard InChI is InChI=1S/C17H18N6O2/c24-15-14-16(23(17(25)20-15)13-2-1-5-18-7-13)22(10-19-14)21-8-11-3-4-12(6-11)9-21/h1-2,5,7,10-12H,3-4,6,8-9H2,(H,20,24,25). The van der Waals surface area contributed by atoms with Crippen molar-refractivity contribution in [2.45, 2.75) is 19.3 Å². The van der Waals surface area contributed by atoms with Gasteiger partial charge in [-0.2, -0.15) is 0 Å². The number of aromatic nitrogens is 5. The van der Waals surface area contributed by atoms with Crippen LogP contribution in [0, 0.1) is 11.8 Å². The van der Waals surface area contributed by atoms with Gasteiger partial charge in [-0.05, 0) is 43.2 Å². The summed E-state index contributed by atoms with van der Waals surface area (Å²) in [5.74, 6) is 1.36. The van der Waals surface area contributed by atoms with Gasteiger partial charge in [0.2, 0.25) is 0 Å². The highest BCUT2D eigenvalue weighted by Gasteiger charge is 2.34. The first-order chi connectivity index (χ1) is 12.2. The Kier molecular flexibility index (Phi) is 3.06. The Morgan fingerprint density at radius 2 is 1.96 bits per heavy atom. The Hall–Kier alpha value is -2.90. The zero-order valence-corrected chi connectivity index (χ0v) is 13.6. The highest BCUT2D eigenvalue weighted by molar-refractivity contribution is 5.72. The van der Waals surface area contributed by atoms with E-state index >= 15 is 0 Å². The number of fused-ring (bicyclic) bond motifs is 3. The Morgan fingerprint density at radius 1 is 1.16 bits per heavy atom. The average Bonchev–Trinajstić information content (AvgIpc) is 3.19. The number of hydrogen-bond donors (Lipinski definition) is 1. The second kappa shape index (κ2) is 5.30. The number of nitrogens with one attached hydrogen (secondary N) is 1. The lowest BCUT2D eigenvalue weighted by Gasteiger charge is -2.34. The maximum atomic E-state index is 12.5. The second-order valence-electron chi connectivity index (χ2n) is 6.98. The monoisotopic (exact) mass is 338 g/mol. The van der Waals surface area contributed by atoms with E-state index in [1.54, 1.807) is 30.9 Å². The van der Waals surface area contributed by atoms with E-state index in [-0.39, 0.29) is 5.52 Å². The zero-order chi connectivity index (χ0) is 17.0. The van der Waals surface area contributed by atoms with Crippen molar-refractivity contribution in [3.63, 3.8) is 0 Å². The summed E-state index contributed by atoms with van der Waals surface area (Å²) in [6.45, 7) is 1.85. The van der Waals surface area contributed by atoms with Crippen LogP contribution in [0.25, 0.3) is 16.9 Å². The molecule has 5 rings (SSSR count). The van der Waals surface area contributed by atoms with Crippen molar-refractivity contribution in [2.75, 3.05) is 18.1 Å². The fraction of sp³-hybridized carbons (Fsp3) is 0.412. The maximum Gasteiger partial charge on any atom is 0.334 e. The molecule has 2 aliphatic rings. The zero-order valence-electron chi connectivity index (χ0n) is 13.6. The quantitative estimate of drug-likeness (QED) is 0.741. The normalized spacial score (nSPS) is 22.6. The molecule has 0 amide bonds. The number of H-pyrrole nitrogens is 1. The van der Waals surface area contributed by atoms with Crippen molar-refractivity contribution >= 4 is 11.2 Å². The third-order valence-electron chi connectivity index (χ3n) is 5.37. The second-order valence-corrected chi connectivity index (χ2v) is 6.98. The molecule has 2 bridgehead atoms. The first-order valence-electron chi connectivity index (χ1n) is 8.59. The highest BCUT2D eigenvalue weighted by Crippen LogP contribution is 2.36. The summed E-state index contributed by atoms with van der Waals surface area (Å²) in [7, 11) is 0. The minimum Gasteiger partial charge on any atom is -0.309 e. The molecule has 2 atom stereocenters. The largest absolute Gasteiger partial charge is 0.334 e. The minimum absolute atomic E-state index is 0.265. The van der Waals surface area contributed by atoms with Crippen molar-refractivity contribution in [1.29, 1.82) is 0 Å². The topological polar surface area (TPSA) is 88.8 Å². The number of imidazole rings is 1. The molecule has 8 nitrogen and oxygen atoms in total. The minimum atomic E-state index is -0.479. The van der Waals surface area contributed by atoms with Crippen molar-refractivity contribution < 1.29 is 0 Å². The van der Waals surface area contributed by atoms with E-state index in [4.69, 9.17) is 0 Å². The first kappa shape index (κ1) is 14.4. The number of pyridine rings is 1. The average molecular weight is 338 g/mol. The van der Waals surface area contributed by atoms with E-state index in [0.717, 1.165) is 13.1 Å². The van der Waals surface area contributed by atoms with Gasteiger partial charge in [-0.1, -0.05) is 0 Å². The van der Waals surface area contributed by atoms with Gasteiger partial charge >= 0.3 is 5.69 Å². The van der Waals surface area contributed by atoms with Crippen molar-refractivity contribution in [1.82, 2.24) is 24.2 Å². The van der Waals surface area contributed by atoms with Gasteiger partial charge in [0.15, 0.2) is 11.2 Å². The summed E-state index contributed by atoms with van der Waals surface area (Å²) >= 11 is 0. The summed E-state index contributed by atoms with van der Waals surface area (Å²) in [5, 5.41) is 2.22. The Labute approximate surface area is 142 Å². The number of piperidine rings is 1. The maximum absolute atomic E-state index is 12.5. The van der Waals surface area contributed by atoms with Gasteiger partial charge in [0.1, 0.15) is 6.33 Å². The van der Waals surface area contributed by atoms with Crippen LogP contribution in [0.4, 0.5) is 0 Å². The van der Waals surface area contributed by atoms with E-state index in [9.17, 15) is 9.59 Å². The van der Waals surface area contributed by atoms with Gasteiger partial charge in [0, 0.05) is 19.3 Å². The van der Waals surface area contributed by atoms with E-state index in [1.165, 1.54) is 23.8 Å². The molecule has 3 aromatic heterocycles. The molecule has 1 aliphatic heterocycles. The van der Waals surface area contributed by atoms with Gasteiger partial charge in [0.25, 0.3) is 5.56 Å². The van der Waals surface area contributed by atoms with E-state index in [2.05, 4.69) is 20.0 Å². The third-order valence-corrected chi connectivity index (χ3v) is 5.37. The van der Waals surface area contributed by atoms with Gasteiger partial charge in [-0.25, -0.2) is 19.0 Å². The fourth-order valence-corrected chi connectivity index (χ4v) is 4.30. The molecule has 128 valence electrons. The molecule has 8 heteroatoms. The SMILES string of the molecule is O=c1[nH]c(=O)n(-c2cccnc2)c2c1ncn2N1CC2CCC(C2)C1. The Bertz CT molecular complexity index is 1040. The molecule has 1 saturated heterocycles. The van der Waals surface area contributed by atoms with Crippen LogP contribution >= 0.6 is 0 Å². The van der Waals surface area contributed by atoms with Crippen LogP contribution in [0.5, 0.6) is 0 Å². The van der Waals surface area contributed by atoms with Crippen LogP contribution < -0.4 is 16.3 Å². The predicted molar refractivity (Wildman–Crippen MR) is 92.5 cm³/mol. The van der Waals surface area contributed by atoms with Crippen LogP contribution in [-0.2, 0) is 0 Å². The molecule has 2 fully saturated rings. The predicted octanol–water partition coefficient (Wildman–Crippen LogP) is 0.638. The molecule has 1 N–H and O–H groups in total. The highest BCUT2D eigenvalue weighted by atomic mass is 16.2. The number of rotatable bonds is 2. The van der Waals surface area contributed by atoms with E-state index in [1.807, 2.05) is 4.68 Å². The summed E-state index contributed by atoms with van der Waals surface area (Å²) in [5.41, 5.74) is 0.436. The molecule has 0 radical (unpaired) electrons. The van der Waals surface area contributed by atoms with Crippen LogP contribution in [0.2, 0.25) is 0 Å². The van der Waals surface area contributed by atoms with Crippen molar-refractivity contribution in [3.05, 3.63) is 51.7 Å². The van der Waals surface area contributed by atoms with Crippen LogP contribution in [-0.4, -0.2) is 37.3 Å². The Balaban J connectivity index is 1.76. The van der Waals surface area contributed by atoms with Crippen molar-refractivity contribution in [3.8, 4) is 5.69 Å². The van der Waals surface area contributed by atoms with E-state index < -0.39 is 11.2 Å². The van der Waals surface area contributed by atoms with Gasteiger partial charge in [-0.15, -0.1) is 0 Å². The summed E-state index contributed by atoms with van der Waals surface area (Å²) < 4.78 is 3.36. The molecule has 3 aromatic rings. The molecular weight excluding hydrogens is 320 g/mol. The molecular formula is C17H18N6O2. The molecule has 4 heterocycles. The van der Waals surface area contributed by atoms with Crippen LogP contribution in [0.15, 0.2) is 40.4 Å². The molecule has 1 aliphatic carbocycles. The summed E-state index contributed by atoms with van der Waals surface area (Å²) in [6, 6.07) is 3.56. The fourth-order valence-electron chi connectivity index (χ4n) is 4.30. The molecule has 0 aromatic carbocycles. The van der Waals surface area contributed by atoms with Gasteiger partial charge in [-0.3, -0.25) is 14.8 Å². The lowest BCUT2D eigenvalue weighted by molar-refractivity contribution is 0.367. The molecule has 0 spiro atoms. The van der Waals surface area contributed by atoms with E-state index in [0.29, 0.717) is 23.2 Å². The van der Waals surface area contributed by atoms with Crippen LogP contribution in [0.1, 0.15) is 19.3 Å². The lowest BCUT2D eigenvalue weighted by atomic mass is 10.0. The lowest BCUT2D eigenvalue weighted by Crippen LogP contribution is -2.44. The molecule has 1 saturated carbocycles. The third kappa shape index (κ3) is 2.20. The summed E-state index contributed by atoms with van der Waals surface area (Å²) in [4.78, 5) is 35.5. The molecule has 25 heavy (non-hydrogen) atoms. The first-order valence-corrected chi connectivity index (χ1v) is 8.59. The van der Waals surface area contributed by atoms with Crippen LogP contribution in [0.3, 0.4) is 0 Å². The van der Waals surface area contributed by atoms with Gasteiger partial charge in [0.05, 0.1) is 11.9 Å². The Morgan fingerprint density at radius 3 is 2.68 bits per heavy atom.